The third-order valence-corrected chi connectivity index (χ3v) is 4.34. The number of amides is 1. The van der Waals surface area contributed by atoms with Crippen LogP contribution in [0.25, 0.3) is 0 Å². The minimum Gasteiger partial charge on any atom is -0.369 e. The molecule has 19 heavy (non-hydrogen) atoms. The zero-order valence-electron chi connectivity index (χ0n) is 13.6. The van der Waals surface area contributed by atoms with Crippen LogP contribution in [0.4, 0.5) is 0 Å². The fourth-order valence-corrected chi connectivity index (χ4v) is 2.89. The van der Waals surface area contributed by atoms with Crippen molar-refractivity contribution < 1.29 is 4.79 Å². The van der Waals surface area contributed by atoms with Crippen molar-refractivity contribution in [3.8, 4) is 0 Å². The van der Waals surface area contributed by atoms with E-state index in [2.05, 4.69) is 20.8 Å². The van der Waals surface area contributed by atoms with Crippen molar-refractivity contribution in [2.24, 2.45) is 23.5 Å². The van der Waals surface area contributed by atoms with E-state index in [1.165, 1.54) is 51.4 Å². The lowest BCUT2D eigenvalue weighted by Gasteiger charge is -2.25. The molecular weight excluding hydrogens is 234 g/mol. The Labute approximate surface area is 120 Å². The predicted molar refractivity (Wildman–Crippen MR) is 83.9 cm³/mol. The summed E-state index contributed by atoms with van der Waals surface area (Å²) in [7, 11) is 0. The summed E-state index contributed by atoms with van der Waals surface area (Å²) in [6.07, 6.45) is 11.9. The number of nitrogens with two attached hydrogens (primary N) is 1. The lowest BCUT2D eigenvalue weighted by Crippen LogP contribution is -2.30. The summed E-state index contributed by atoms with van der Waals surface area (Å²) in [5.41, 5.74) is 5.43. The van der Waals surface area contributed by atoms with Crippen molar-refractivity contribution in [2.45, 2.75) is 85.5 Å². The van der Waals surface area contributed by atoms with Crippen LogP contribution < -0.4 is 5.73 Å². The summed E-state index contributed by atoms with van der Waals surface area (Å²) in [4.78, 5) is 11.3. The average molecular weight is 269 g/mol. The summed E-state index contributed by atoms with van der Waals surface area (Å²) in [6, 6.07) is 0. The first kappa shape index (κ1) is 18.5. The van der Waals surface area contributed by atoms with E-state index in [1.54, 1.807) is 0 Å². The monoisotopic (exact) mass is 269 g/mol. The molecular formula is C17H35NO. The Kier molecular flexibility index (Phi) is 11.0. The number of primary amides is 1. The molecule has 0 spiro atoms. The zero-order chi connectivity index (χ0) is 14.7. The lowest BCUT2D eigenvalue weighted by molar-refractivity contribution is -0.123. The maximum atomic E-state index is 11.3. The molecule has 0 bridgehead atoms. The molecule has 2 nitrogen and oxygen atoms in total. The topological polar surface area (TPSA) is 43.1 Å². The van der Waals surface area contributed by atoms with Gasteiger partial charge in [0.2, 0.25) is 5.91 Å². The second-order valence-corrected chi connectivity index (χ2v) is 6.36. The van der Waals surface area contributed by atoms with Crippen LogP contribution in [-0.2, 0) is 4.79 Å². The molecule has 0 rings (SSSR count). The van der Waals surface area contributed by atoms with Crippen molar-refractivity contribution in [1.82, 2.24) is 0 Å². The second kappa shape index (κ2) is 11.3. The molecule has 0 saturated carbocycles. The van der Waals surface area contributed by atoms with Crippen LogP contribution in [0.3, 0.4) is 0 Å². The van der Waals surface area contributed by atoms with Gasteiger partial charge in [0.15, 0.2) is 0 Å². The lowest BCUT2D eigenvalue weighted by atomic mass is 9.80. The fourth-order valence-electron chi connectivity index (χ4n) is 2.89. The summed E-state index contributed by atoms with van der Waals surface area (Å²) in [5, 5.41) is 0. The molecule has 114 valence electrons. The molecule has 0 aromatic heterocycles. The van der Waals surface area contributed by atoms with Crippen LogP contribution in [0.1, 0.15) is 85.5 Å². The number of hydrogen-bond donors (Lipinski definition) is 1. The van der Waals surface area contributed by atoms with Gasteiger partial charge >= 0.3 is 0 Å². The first-order valence-electron chi connectivity index (χ1n) is 8.30. The Morgan fingerprint density at radius 1 is 0.895 bits per heavy atom. The van der Waals surface area contributed by atoms with Gasteiger partial charge in [-0.1, -0.05) is 79.1 Å². The van der Waals surface area contributed by atoms with Crippen molar-refractivity contribution in [3.05, 3.63) is 0 Å². The molecule has 0 aliphatic heterocycles. The number of rotatable bonds is 12. The first-order valence-corrected chi connectivity index (χ1v) is 8.30. The normalized spacial score (nSPS) is 14.6. The molecule has 0 fully saturated rings. The van der Waals surface area contributed by atoms with Crippen molar-refractivity contribution in [2.75, 3.05) is 0 Å². The Morgan fingerprint density at radius 3 is 1.79 bits per heavy atom. The van der Waals surface area contributed by atoms with Crippen LogP contribution in [-0.4, -0.2) is 5.91 Å². The average Bonchev–Trinajstić information content (AvgIpc) is 2.35. The Bertz CT molecular complexity index is 225. The molecule has 0 aliphatic rings. The molecule has 0 aliphatic carbocycles. The SMILES string of the molecule is CCCCCCCCCCC(C(C)C)C(C)C(N)=O. The largest absolute Gasteiger partial charge is 0.369 e. The molecule has 0 radical (unpaired) electrons. The molecule has 2 N–H and O–H groups in total. The van der Waals surface area contributed by atoms with Crippen molar-refractivity contribution in [1.29, 1.82) is 0 Å². The van der Waals surface area contributed by atoms with Gasteiger partial charge in [0.05, 0.1) is 0 Å². The highest BCUT2D eigenvalue weighted by atomic mass is 16.1. The first-order chi connectivity index (χ1) is 9.00. The summed E-state index contributed by atoms with van der Waals surface area (Å²) < 4.78 is 0. The van der Waals surface area contributed by atoms with E-state index in [1.807, 2.05) is 6.92 Å². The number of hydrogen-bond acceptors (Lipinski definition) is 1. The molecule has 2 heteroatoms. The number of carbonyl (C=O) groups excluding carboxylic acids is 1. The number of carbonyl (C=O) groups is 1. The van der Waals surface area contributed by atoms with Gasteiger partial charge in [0.1, 0.15) is 0 Å². The predicted octanol–water partition coefficient (Wildman–Crippen LogP) is 4.91. The molecule has 0 heterocycles. The quantitative estimate of drug-likeness (QED) is 0.502. The van der Waals surface area contributed by atoms with Crippen LogP contribution >= 0.6 is 0 Å². The standard InChI is InChI=1S/C17H35NO/c1-5-6-7-8-9-10-11-12-13-16(14(2)3)15(4)17(18)19/h14-16H,5-13H2,1-4H3,(H2,18,19). The van der Waals surface area contributed by atoms with Crippen LogP contribution in [0, 0.1) is 17.8 Å². The van der Waals surface area contributed by atoms with Gasteiger partial charge < -0.3 is 5.73 Å². The molecule has 2 atom stereocenters. The highest BCUT2D eigenvalue weighted by Crippen LogP contribution is 2.26. The van der Waals surface area contributed by atoms with Crippen molar-refractivity contribution >= 4 is 5.91 Å². The van der Waals surface area contributed by atoms with Gasteiger partial charge in [-0.05, 0) is 18.3 Å². The Hall–Kier alpha value is -0.530. The van der Waals surface area contributed by atoms with Gasteiger partial charge in [-0.15, -0.1) is 0 Å². The Morgan fingerprint density at radius 2 is 1.37 bits per heavy atom. The molecule has 2 unspecified atom stereocenters. The van der Waals surface area contributed by atoms with E-state index in [4.69, 9.17) is 5.73 Å². The third-order valence-electron chi connectivity index (χ3n) is 4.34. The highest BCUT2D eigenvalue weighted by Gasteiger charge is 2.24. The minimum atomic E-state index is -0.140. The van der Waals surface area contributed by atoms with E-state index in [0.717, 1.165) is 6.42 Å². The zero-order valence-corrected chi connectivity index (χ0v) is 13.6. The van der Waals surface area contributed by atoms with Crippen molar-refractivity contribution in [3.63, 3.8) is 0 Å². The minimum absolute atomic E-state index is 0.0181. The number of unbranched alkanes of at least 4 members (excludes halogenated alkanes) is 7. The summed E-state index contributed by atoms with van der Waals surface area (Å²) >= 11 is 0. The second-order valence-electron chi connectivity index (χ2n) is 6.36. The molecule has 1 amide bonds. The van der Waals surface area contributed by atoms with Crippen LogP contribution in [0.2, 0.25) is 0 Å². The maximum absolute atomic E-state index is 11.3. The third kappa shape index (κ3) is 9.07. The maximum Gasteiger partial charge on any atom is 0.220 e. The van der Waals surface area contributed by atoms with Gasteiger partial charge in [-0.2, -0.15) is 0 Å². The molecule has 0 aromatic rings. The van der Waals surface area contributed by atoms with E-state index >= 15 is 0 Å². The van der Waals surface area contributed by atoms with Gasteiger partial charge in [0.25, 0.3) is 0 Å². The summed E-state index contributed by atoms with van der Waals surface area (Å²) in [6.45, 7) is 8.65. The fraction of sp³-hybridized carbons (Fsp3) is 0.941. The Balaban J connectivity index is 3.68. The smallest absolute Gasteiger partial charge is 0.220 e. The summed E-state index contributed by atoms with van der Waals surface area (Å²) in [5.74, 6) is 0.882. The van der Waals surface area contributed by atoms with E-state index < -0.39 is 0 Å². The van der Waals surface area contributed by atoms with E-state index in [-0.39, 0.29) is 11.8 Å². The van der Waals surface area contributed by atoms with E-state index in [0.29, 0.717) is 11.8 Å². The van der Waals surface area contributed by atoms with Gasteiger partial charge in [-0.3, -0.25) is 4.79 Å². The van der Waals surface area contributed by atoms with Crippen LogP contribution in [0.5, 0.6) is 0 Å². The highest BCUT2D eigenvalue weighted by molar-refractivity contribution is 5.76. The molecule has 0 saturated heterocycles. The molecule has 0 aromatic carbocycles. The van der Waals surface area contributed by atoms with Crippen LogP contribution in [0.15, 0.2) is 0 Å². The van der Waals surface area contributed by atoms with Gasteiger partial charge in [0, 0.05) is 5.92 Å². The van der Waals surface area contributed by atoms with Gasteiger partial charge in [-0.25, -0.2) is 0 Å². The van der Waals surface area contributed by atoms with E-state index in [9.17, 15) is 4.79 Å².